The number of carbonyl (C=O) groups excluding carboxylic acids is 1. The van der Waals surface area contributed by atoms with Gasteiger partial charge in [-0.1, -0.05) is 37.3 Å². The largest absolute Gasteiger partial charge is 0.299 e. The van der Waals surface area contributed by atoms with Crippen LogP contribution in [-0.2, 0) is 24.7 Å². The van der Waals surface area contributed by atoms with E-state index in [1.807, 2.05) is 29.9 Å². The molecule has 1 saturated carbocycles. The van der Waals surface area contributed by atoms with Crippen molar-refractivity contribution in [2.24, 2.45) is 13.0 Å². The van der Waals surface area contributed by atoms with Gasteiger partial charge in [-0.15, -0.1) is 0 Å². The molecule has 0 aliphatic heterocycles. The number of hydrogen-bond acceptors (Lipinski definition) is 2. The van der Waals surface area contributed by atoms with Crippen molar-refractivity contribution in [2.45, 2.75) is 32.1 Å². The van der Waals surface area contributed by atoms with Crippen LogP contribution in [0.5, 0.6) is 0 Å². The van der Waals surface area contributed by atoms with Crippen LogP contribution >= 0.6 is 15.9 Å². The molecule has 1 aliphatic rings. The summed E-state index contributed by atoms with van der Waals surface area (Å²) in [5.41, 5.74) is 3.31. The topological polar surface area (TPSA) is 34.9 Å². The molecular weight excluding hydrogens is 328 g/mol. The van der Waals surface area contributed by atoms with Crippen LogP contribution in [-0.4, -0.2) is 15.6 Å². The predicted molar refractivity (Wildman–Crippen MR) is 86.3 cm³/mol. The number of Topliss-reactive ketones (excluding diaryl/α,β-unsaturated/α-hetero) is 1. The number of aryl methyl sites for hydroxylation is 2. The Morgan fingerprint density at radius 2 is 2.10 bits per heavy atom. The lowest BCUT2D eigenvalue weighted by molar-refractivity contribution is -0.119. The summed E-state index contributed by atoms with van der Waals surface area (Å²) in [5.74, 6) is 0.922. The molecule has 110 valence electrons. The van der Waals surface area contributed by atoms with Gasteiger partial charge in [0.25, 0.3) is 0 Å². The molecule has 0 bridgehead atoms. The van der Waals surface area contributed by atoms with Gasteiger partial charge < -0.3 is 0 Å². The van der Waals surface area contributed by atoms with Gasteiger partial charge in [0.2, 0.25) is 0 Å². The zero-order chi connectivity index (χ0) is 15.0. The molecule has 1 aromatic carbocycles. The van der Waals surface area contributed by atoms with E-state index in [2.05, 4.69) is 40.1 Å². The Balaban J connectivity index is 1.70. The van der Waals surface area contributed by atoms with Gasteiger partial charge in [0.15, 0.2) is 0 Å². The number of nitrogens with zero attached hydrogens (tertiary/aromatic N) is 2. The van der Waals surface area contributed by atoms with Gasteiger partial charge in [0.05, 0.1) is 15.9 Å². The number of hydrogen-bond donors (Lipinski definition) is 0. The van der Waals surface area contributed by atoms with Gasteiger partial charge in [-0.25, -0.2) is 0 Å². The van der Waals surface area contributed by atoms with Gasteiger partial charge in [-0.3, -0.25) is 9.48 Å². The smallest absolute Gasteiger partial charge is 0.142 e. The number of carbonyl (C=O) groups is 1. The summed E-state index contributed by atoms with van der Waals surface area (Å²) in [6.07, 6.45) is 2.33. The molecule has 0 N–H and O–H groups in total. The first-order chi connectivity index (χ1) is 10.1. The van der Waals surface area contributed by atoms with Crippen molar-refractivity contribution in [1.82, 2.24) is 9.78 Å². The second-order valence-electron chi connectivity index (χ2n) is 5.69. The molecule has 3 nitrogen and oxygen atoms in total. The highest BCUT2D eigenvalue weighted by Crippen LogP contribution is 2.48. The van der Waals surface area contributed by atoms with E-state index in [1.165, 1.54) is 5.56 Å². The second kappa shape index (κ2) is 5.76. The van der Waals surface area contributed by atoms with Crippen molar-refractivity contribution in [1.29, 1.82) is 0 Å². The van der Waals surface area contributed by atoms with Crippen LogP contribution in [0.4, 0.5) is 0 Å². The average molecular weight is 347 g/mol. The van der Waals surface area contributed by atoms with Crippen molar-refractivity contribution in [3.8, 4) is 0 Å². The van der Waals surface area contributed by atoms with Crippen molar-refractivity contribution in [3.05, 3.63) is 51.8 Å². The molecule has 2 atom stereocenters. The highest BCUT2D eigenvalue weighted by molar-refractivity contribution is 9.10. The van der Waals surface area contributed by atoms with Crippen molar-refractivity contribution in [2.75, 3.05) is 0 Å². The third kappa shape index (κ3) is 2.82. The average Bonchev–Trinajstić information content (AvgIpc) is 3.26. The van der Waals surface area contributed by atoms with Gasteiger partial charge in [-0.2, -0.15) is 5.10 Å². The van der Waals surface area contributed by atoms with E-state index in [4.69, 9.17) is 0 Å². The van der Waals surface area contributed by atoms with E-state index >= 15 is 0 Å². The quantitative estimate of drug-likeness (QED) is 0.827. The Labute approximate surface area is 133 Å². The molecule has 21 heavy (non-hydrogen) atoms. The van der Waals surface area contributed by atoms with Gasteiger partial charge in [0, 0.05) is 19.4 Å². The number of aromatic nitrogens is 2. The van der Waals surface area contributed by atoms with E-state index in [0.29, 0.717) is 18.1 Å². The van der Waals surface area contributed by atoms with Crippen molar-refractivity contribution >= 4 is 21.7 Å². The lowest BCUT2D eigenvalue weighted by Crippen LogP contribution is -2.10. The number of benzene rings is 1. The monoisotopic (exact) mass is 346 g/mol. The summed E-state index contributed by atoms with van der Waals surface area (Å²) in [6.45, 7) is 2.07. The lowest BCUT2D eigenvalue weighted by atomic mass is 10.0. The summed E-state index contributed by atoms with van der Waals surface area (Å²) in [7, 11) is 1.91. The maximum Gasteiger partial charge on any atom is 0.142 e. The van der Waals surface area contributed by atoms with Crippen LogP contribution in [0.2, 0.25) is 0 Å². The van der Waals surface area contributed by atoms with Crippen LogP contribution in [0.3, 0.4) is 0 Å². The van der Waals surface area contributed by atoms with Gasteiger partial charge in [-0.05, 0) is 40.3 Å². The highest BCUT2D eigenvalue weighted by atomic mass is 79.9. The zero-order valence-corrected chi connectivity index (χ0v) is 13.9. The first kappa shape index (κ1) is 14.5. The van der Waals surface area contributed by atoms with Crippen LogP contribution < -0.4 is 0 Å². The van der Waals surface area contributed by atoms with Crippen LogP contribution in [0, 0.1) is 5.92 Å². The normalized spacial score (nSPS) is 20.5. The second-order valence-corrected chi connectivity index (χ2v) is 6.48. The Kier molecular flexibility index (Phi) is 3.98. The first-order valence-electron chi connectivity index (χ1n) is 7.39. The van der Waals surface area contributed by atoms with Crippen molar-refractivity contribution < 1.29 is 4.79 Å². The SMILES string of the molecule is CCc1nn(C)c(CC(=O)C2CC2c2ccccc2)c1Br. The molecule has 3 rings (SSSR count). The highest BCUT2D eigenvalue weighted by Gasteiger charge is 2.43. The standard InChI is InChI=1S/C17H19BrN2O/c1-3-14-17(18)15(20(2)19-14)10-16(21)13-9-12(13)11-7-5-4-6-8-11/h4-8,12-13H,3,9-10H2,1-2H3. The van der Waals surface area contributed by atoms with E-state index in [0.717, 1.165) is 28.7 Å². The minimum Gasteiger partial charge on any atom is -0.299 e. The number of rotatable bonds is 5. The molecule has 0 saturated heterocycles. The molecule has 2 aromatic rings. The number of ketones is 1. The number of halogens is 1. The molecule has 1 aliphatic carbocycles. The van der Waals surface area contributed by atoms with E-state index in [1.54, 1.807) is 0 Å². The van der Waals surface area contributed by atoms with E-state index < -0.39 is 0 Å². The lowest BCUT2D eigenvalue weighted by Gasteiger charge is -2.03. The Morgan fingerprint density at radius 3 is 2.71 bits per heavy atom. The molecule has 0 amide bonds. The maximum atomic E-state index is 12.5. The maximum absolute atomic E-state index is 12.5. The fraction of sp³-hybridized carbons (Fsp3) is 0.412. The fourth-order valence-corrected chi connectivity index (χ4v) is 3.68. The Morgan fingerprint density at radius 1 is 1.38 bits per heavy atom. The van der Waals surface area contributed by atoms with Crippen molar-refractivity contribution in [3.63, 3.8) is 0 Å². The molecule has 1 fully saturated rings. The first-order valence-corrected chi connectivity index (χ1v) is 8.19. The summed E-state index contributed by atoms with van der Waals surface area (Å²) < 4.78 is 2.83. The Hall–Kier alpha value is -1.42. The minimum absolute atomic E-state index is 0.180. The molecular formula is C17H19BrN2O. The summed E-state index contributed by atoms with van der Waals surface area (Å²) in [4.78, 5) is 12.5. The molecule has 4 heteroatoms. The minimum atomic E-state index is 0.180. The third-order valence-electron chi connectivity index (χ3n) is 4.28. The fourth-order valence-electron chi connectivity index (χ4n) is 2.93. The molecule has 2 unspecified atom stereocenters. The summed E-state index contributed by atoms with van der Waals surface area (Å²) >= 11 is 3.58. The van der Waals surface area contributed by atoms with Crippen LogP contribution in [0.1, 0.15) is 36.2 Å². The predicted octanol–water partition coefficient (Wildman–Crippen LogP) is 3.66. The molecule has 1 aromatic heterocycles. The summed E-state index contributed by atoms with van der Waals surface area (Å²) in [5, 5.41) is 4.46. The molecule has 0 radical (unpaired) electrons. The van der Waals surface area contributed by atoms with E-state index in [9.17, 15) is 4.79 Å². The van der Waals surface area contributed by atoms with Gasteiger partial charge in [0.1, 0.15) is 5.78 Å². The van der Waals surface area contributed by atoms with Gasteiger partial charge >= 0.3 is 0 Å². The third-order valence-corrected chi connectivity index (χ3v) is 5.19. The molecule has 1 heterocycles. The zero-order valence-electron chi connectivity index (χ0n) is 12.3. The van der Waals surface area contributed by atoms with Crippen LogP contribution in [0.25, 0.3) is 0 Å². The Bertz CT molecular complexity index is 663. The van der Waals surface area contributed by atoms with Crippen LogP contribution in [0.15, 0.2) is 34.8 Å². The molecule has 0 spiro atoms. The summed E-state index contributed by atoms with van der Waals surface area (Å²) in [6, 6.07) is 10.3. The van der Waals surface area contributed by atoms with E-state index in [-0.39, 0.29) is 5.92 Å².